The summed E-state index contributed by atoms with van der Waals surface area (Å²) in [5.41, 5.74) is 19.6. The molecule has 0 spiro atoms. The largest absolute Gasteiger partial charge is 0.0622 e. The highest BCUT2D eigenvalue weighted by Gasteiger charge is 2.32. The minimum Gasteiger partial charge on any atom is -0.0622 e. The summed E-state index contributed by atoms with van der Waals surface area (Å²) in [6, 6.07) is 95.3. The molecular weight excluding hydrogens is 817 g/mol. The molecule has 0 aromatic heterocycles. The van der Waals surface area contributed by atoms with E-state index in [2.05, 4.69) is 255 Å². The molecule has 0 amide bonds. The fourth-order valence-corrected chi connectivity index (χ4v) is 11.7. The molecule has 314 valence electrons. The van der Waals surface area contributed by atoms with Gasteiger partial charge in [-0.2, -0.15) is 0 Å². The van der Waals surface area contributed by atoms with Crippen molar-refractivity contribution in [2.75, 3.05) is 0 Å². The number of hydrogen-bond acceptors (Lipinski definition) is 0. The van der Waals surface area contributed by atoms with Crippen LogP contribution in [0.3, 0.4) is 0 Å². The maximum absolute atomic E-state index is 2.50. The van der Waals surface area contributed by atoms with E-state index in [-0.39, 0.29) is 0 Å². The lowest BCUT2D eigenvalue weighted by molar-refractivity contribution is 1.53. The van der Waals surface area contributed by atoms with Crippen molar-refractivity contribution >= 4 is 53.9 Å². The van der Waals surface area contributed by atoms with Crippen molar-refractivity contribution in [3.05, 3.63) is 255 Å². The summed E-state index contributed by atoms with van der Waals surface area (Å²) >= 11 is 0. The zero-order valence-electron chi connectivity index (χ0n) is 37.2. The van der Waals surface area contributed by atoms with Crippen molar-refractivity contribution in [3.63, 3.8) is 0 Å². The van der Waals surface area contributed by atoms with E-state index >= 15 is 0 Å². The van der Waals surface area contributed by atoms with Gasteiger partial charge >= 0.3 is 0 Å². The van der Waals surface area contributed by atoms with Crippen LogP contribution in [0.4, 0.5) is 0 Å². The van der Waals surface area contributed by atoms with Gasteiger partial charge < -0.3 is 0 Å². The van der Waals surface area contributed by atoms with E-state index in [0.717, 1.165) is 0 Å². The Bertz CT molecular complexity index is 4160. The minimum absolute atomic E-state index is 1.17. The first-order valence-electron chi connectivity index (χ1n) is 23.7. The van der Waals surface area contributed by atoms with Gasteiger partial charge in [-0.1, -0.05) is 237 Å². The van der Waals surface area contributed by atoms with Crippen LogP contribution in [-0.2, 0) is 0 Å². The monoisotopic (exact) mass is 858 g/mol. The van der Waals surface area contributed by atoms with Gasteiger partial charge in [-0.15, -0.1) is 0 Å². The van der Waals surface area contributed by atoms with Crippen LogP contribution in [-0.4, -0.2) is 0 Å². The first-order chi connectivity index (χ1) is 33.8. The van der Waals surface area contributed by atoms with Crippen LogP contribution in [0.5, 0.6) is 0 Å². The molecule has 14 rings (SSSR count). The van der Waals surface area contributed by atoms with Gasteiger partial charge in [0.05, 0.1) is 0 Å². The third-order valence-electron chi connectivity index (χ3n) is 14.6. The SMILES string of the molecule is c1ccc(-c2c(-c3ccc4c(c3)-c3cccc5cccc-4c35)c(-c3ccccc3)c(-c3cc4ccccc4c4ccccc34)c(-c3cc4ccccc4c4ccccc34)c2-c2ccccc2)cc1. The fourth-order valence-electron chi connectivity index (χ4n) is 11.7. The molecule has 0 saturated heterocycles. The second-order valence-electron chi connectivity index (χ2n) is 18.2. The lowest BCUT2D eigenvalue weighted by Crippen LogP contribution is -2.03. The summed E-state index contributed by atoms with van der Waals surface area (Å²) in [7, 11) is 0. The summed E-state index contributed by atoms with van der Waals surface area (Å²) in [5, 5.41) is 12.5. The zero-order chi connectivity index (χ0) is 44.7. The molecule has 13 aromatic carbocycles. The second kappa shape index (κ2) is 15.4. The third-order valence-corrected chi connectivity index (χ3v) is 14.6. The molecule has 68 heavy (non-hydrogen) atoms. The molecule has 0 N–H and O–H groups in total. The first kappa shape index (κ1) is 38.4. The van der Waals surface area contributed by atoms with Gasteiger partial charge in [0.25, 0.3) is 0 Å². The zero-order valence-corrected chi connectivity index (χ0v) is 37.2. The van der Waals surface area contributed by atoms with Crippen molar-refractivity contribution in [2.24, 2.45) is 0 Å². The quantitative estimate of drug-likeness (QED) is 0.146. The molecule has 13 aromatic rings. The Morgan fingerprint density at radius 2 is 0.529 bits per heavy atom. The van der Waals surface area contributed by atoms with Crippen LogP contribution in [0, 0.1) is 0 Å². The van der Waals surface area contributed by atoms with E-state index in [9.17, 15) is 0 Å². The topological polar surface area (TPSA) is 0 Å². The highest BCUT2D eigenvalue weighted by atomic mass is 14.3. The van der Waals surface area contributed by atoms with Crippen molar-refractivity contribution in [3.8, 4) is 89.0 Å². The molecule has 0 saturated carbocycles. The molecular formula is C68H42. The normalized spacial score (nSPS) is 11.8. The summed E-state index contributed by atoms with van der Waals surface area (Å²) in [4.78, 5) is 0. The smallest absolute Gasteiger partial charge is 0.000719 e. The Labute approximate surface area is 395 Å². The second-order valence-corrected chi connectivity index (χ2v) is 18.2. The highest BCUT2D eigenvalue weighted by molar-refractivity contribution is 6.25. The van der Waals surface area contributed by atoms with E-state index in [0.29, 0.717) is 0 Å². The first-order valence-corrected chi connectivity index (χ1v) is 23.7. The summed E-state index contributed by atoms with van der Waals surface area (Å²) in [6.07, 6.45) is 0. The maximum Gasteiger partial charge on any atom is -0.000719 e. The Morgan fingerprint density at radius 1 is 0.162 bits per heavy atom. The number of benzene rings is 13. The van der Waals surface area contributed by atoms with E-state index in [1.807, 2.05) is 0 Å². The summed E-state index contributed by atoms with van der Waals surface area (Å²) < 4.78 is 0. The highest BCUT2D eigenvalue weighted by Crippen LogP contribution is 2.59. The van der Waals surface area contributed by atoms with Crippen LogP contribution in [0.25, 0.3) is 143 Å². The van der Waals surface area contributed by atoms with E-state index in [4.69, 9.17) is 0 Å². The van der Waals surface area contributed by atoms with E-state index in [1.165, 1.54) is 143 Å². The average Bonchev–Trinajstić information content (AvgIpc) is 3.74. The molecule has 0 radical (unpaired) electrons. The third kappa shape index (κ3) is 5.81. The van der Waals surface area contributed by atoms with Gasteiger partial charge in [0.2, 0.25) is 0 Å². The molecule has 0 aliphatic heterocycles. The Balaban J connectivity index is 1.28. The fraction of sp³-hybridized carbons (Fsp3) is 0. The molecule has 0 unspecified atom stereocenters. The van der Waals surface area contributed by atoms with Gasteiger partial charge in [-0.3, -0.25) is 0 Å². The molecule has 0 heterocycles. The Hall–Kier alpha value is -8.84. The summed E-state index contributed by atoms with van der Waals surface area (Å²) in [6.45, 7) is 0. The van der Waals surface area contributed by atoms with Crippen molar-refractivity contribution in [2.45, 2.75) is 0 Å². The van der Waals surface area contributed by atoms with Crippen molar-refractivity contribution in [1.29, 1.82) is 0 Å². The van der Waals surface area contributed by atoms with Crippen LogP contribution in [0.15, 0.2) is 255 Å². The van der Waals surface area contributed by atoms with Crippen LogP contribution < -0.4 is 0 Å². The number of rotatable bonds is 6. The molecule has 0 nitrogen and oxygen atoms in total. The average molecular weight is 859 g/mol. The van der Waals surface area contributed by atoms with Gasteiger partial charge in [0.1, 0.15) is 0 Å². The molecule has 0 bridgehead atoms. The molecule has 0 heteroatoms. The minimum atomic E-state index is 1.17. The van der Waals surface area contributed by atoms with Crippen molar-refractivity contribution < 1.29 is 0 Å². The number of hydrogen-bond donors (Lipinski definition) is 0. The van der Waals surface area contributed by atoms with Crippen LogP contribution in [0.2, 0.25) is 0 Å². The van der Waals surface area contributed by atoms with E-state index < -0.39 is 0 Å². The van der Waals surface area contributed by atoms with Gasteiger partial charge in [0, 0.05) is 0 Å². The Kier molecular flexibility index (Phi) is 8.69. The molecule has 1 aliphatic carbocycles. The Morgan fingerprint density at radius 3 is 1.01 bits per heavy atom. The standard InChI is InChI=1S/C68H42/c1-4-20-44(21-5-1)63-64(45-22-6-2-7-23-45)67(60-40-47-26-10-12-30-50(47)52-32-14-16-34-54(52)60)68(61-41-48-27-11-13-31-51(48)53-33-15-17-35-55(53)61)65(46-24-8-3-9-25-46)66(63)49-38-39-56-57-36-18-28-43-29-19-37-58(62(43)57)59(56)42-49/h1-42H. The van der Waals surface area contributed by atoms with Crippen molar-refractivity contribution in [1.82, 2.24) is 0 Å². The number of fused-ring (bicyclic) bond motifs is 9. The van der Waals surface area contributed by atoms with Crippen LogP contribution >= 0.6 is 0 Å². The van der Waals surface area contributed by atoms with Gasteiger partial charge in [-0.05, 0) is 161 Å². The lowest BCUT2D eigenvalue weighted by Gasteiger charge is -2.30. The predicted molar refractivity (Wildman–Crippen MR) is 291 cm³/mol. The van der Waals surface area contributed by atoms with Crippen LogP contribution in [0.1, 0.15) is 0 Å². The van der Waals surface area contributed by atoms with E-state index in [1.54, 1.807) is 0 Å². The molecule has 1 aliphatic rings. The van der Waals surface area contributed by atoms with Gasteiger partial charge in [0.15, 0.2) is 0 Å². The molecule has 0 atom stereocenters. The lowest BCUT2D eigenvalue weighted by atomic mass is 9.72. The van der Waals surface area contributed by atoms with Gasteiger partial charge in [-0.25, -0.2) is 0 Å². The predicted octanol–water partition coefficient (Wildman–Crippen LogP) is 19.1. The molecule has 0 fully saturated rings. The maximum atomic E-state index is 2.50. The summed E-state index contributed by atoms with van der Waals surface area (Å²) in [5.74, 6) is 0.